The van der Waals surface area contributed by atoms with E-state index < -0.39 is 0 Å². The Kier molecular flexibility index (Phi) is 8.21. The summed E-state index contributed by atoms with van der Waals surface area (Å²) in [6.07, 6.45) is 0. The van der Waals surface area contributed by atoms with Crippen LogP contribution in [0.15, 0.2) is 71.6 Å². The summed E-state index contributed by atoms with van der Waals surface area (Å²) in [5.74, 6) is 0.920. The molecule has 2 N–H and O–H groups in total. The molecule has 33 heavy (non-hydrogen) atoms. The predicted molar refractivity (Wildman–Crippen MR) is 131 cm³/mol. The lowest BCUT2D eigenvalue weighted by molar-refractivity contribution is -0.115. The van der Waals surface area contributed by atoms with Gasteiger partial charge in [0.1, 0.15) is 22.8 Å². The van der Waals surface area contributed by atoms with Crippen LogP contribution in [0.3, 0.4) is 0 Å². The van der Waals surface area contributed by atoms with Crippen molar-refractivity contribution in [3.05, 3.63) is 72.3 Å². The molecule has 0 aliphatic rings. The number of anilines is 2. The van der Waals surface area contributed by atoms with E-state index in [2.05, 4.69) is 10.6 Å². The minimum Gasteiger partial charge on any atom is -0.496 e. The maximum Gasteiger partial charge on any atom is 0.263 e. The number of thioether (sulfide) groups is 1. The number of benzene rings is 3. The highest BCUT2D eigenvalue weighted by molar-refractivity contribution is 8.00. The lowest BCUT2D eigenvalue weighted by Crippen LogP contribution is -2.22. The van der Waals surface area contributed by atoms with Crippen molar-refractivity contribution < 1.29 is 23.8 Å². The number of methoxy groups -OCH3 is 3. The molecule has 0 aliphatic carbocycles. The highest BCUT2D eigenvalue weighted by Crippen LogP contribution is 2.31. The molecule has 0 fully saturated rings. The first kappa shape index (κ1) is 24.0. The second-order valence-electron chi connectivity index (χ2n) is 6.97. The number of carbonyl (C=O) groups excluding carboxylic acids is 2. The Morgan fingerprint density at radius 1 is 0.788 bits per heavy atom. The van der Waals surface area contributed by atoms with E-state index in [0.29, 0.717) is 34.2 Å². The largest absolute Gasteiger partial charge is 0.496 e. The second-order valence-corrected chi connectivity index (χ2v) is 8.38. The van der Waals surface area contributed by atoms with E-state index in [4.69, 9.17) is 14.2 Å². The topological polar surface area (TPSA) is 85.9 Å². The lowest BCUT2D eigenvalue weighted by atomic mass is 10.1. The van der Waals surface area contributed by atoms with Gasteiger partial charge in [0.05, 0.1) is 32.3 Å². The number of nitrogens with one attached hydrogen (secondary N) is 2. The van der Waals surface area contributed by atoms with E-state index in [1.165, 1.54) is 26.0 Å². The molecule has 0 bridgehead atoms. The standard InChI is InChI=1S/C25H26N2O5S/c1-16(24(28)27-19-11-5-6-12-20(19)30-2)33-18-10-7-9-17(15-18)26-25(29)23-21(31-3)13-8-14-22(23)32-4/h5-16H,1-4H3,(H,26,29)(H,27,28). The van der Waals surface area contributed by atoms with Crippen molar-refractivity contribution in [1.29, 1.82) is 0 Å². The molecule has 1 unspecified atom stereocenters. The summed E-state index contributed by atoms with van der Waals surface area (Å²) in [6.45, 7) is 1.82. The van der Waals surface area contributed by atoms with E-state index in [0.717, 1.165) is 4.90 Å². The molecular weight excluding hydrogens is 440 g/mol. The molecular formula is C25H26N2O5S. The number of ether oxygens (including phenoxy) is 3. The number of hydrogen-bond acceptors (Lipinski definition) is 6. The van der Waals surface area contributed by atoms with Crippen LogP contribution in [0.2, 0.25) is 0 Å². The molecule has 2 amide bonds. The molecule has 0 aromatic heterocycles. The molecule has 0 heterocycles. The van der Waals surface area contributed by atoms with Crippen molar-refractivity contribution >= 4 is 35.0 Å². The fraction of sp³-hybridized carbons (Fsp3) is 0.200. The zero-order valence-electron chi connectivity index (χ0n) is 18.9. The minimum atomic E-state index is -0.379. The summed E-state index contributed by atoms with van der Waals surface area (Å²) in [5.41, 5.74) is 1.52. The normalized spacial score (nSPS) is 11.3. The Hall–Kier alpha value is -3.65. The zero-order valence-corrected chi connectivity index (χ0v) is 19.7. The first-order valence-electron chi connectivity index (χ1n) is 10.2. The molecule has 0 spiro atoms. The van der Waals surface area contributed by atoms with Crippen LogP contribution in [0, 0.1) is 0 Å². The van der Waals surface area contributed by atoms with Crippen LogP contribution in [0.5, 0.6) is 17.2 Å². The Morgan fingerprint density at radius 2 is 1.39 bits per heavy atom. The van der Waals surface area contributed by atoms with Crippen LogP contribution in [-0.2, 0) is 4.79 Å². The number of carbonyl (C=O) groups is 2. The summed E-state index contributed by atoms with van der Waals surface area (Å²) in [5, 5.41) is 5.39. The summed E-state index contributed by atoms with van der Waals surface area (Å²) in [6, 6.07) is 19.7. The van der Waals surface area contributed by atoms with Crippen molar-refractivity contribution in [3.8, 4) is 17.2 Å². The highest BCUT2D eigenvalue weighted by atomic mass is 32.2. The fourth-order valence-electron chi connectivity index (χ4n) is 3.16. The first-order valence-corrected chi connectivity index (χ1v) is 11.1. The highest BCUT2D eigenvalue weighted by Gasteiger charge is 2.19. The molecule has 0 aliphatic heterocycles. The van der Waals surface area contributed by atoms with E-state index in [1.54, 1.807) is 43.5 Å². The van der Waals surface area contributed by atoms with Gasteiger partial charge in [-0.3, -0.25) is 9.59 Å². The first-order chi connectivity index (χ1) is 16.0. The van der Waals surface area contributed by atoms with Crippen molar-refractivity contribution in [3.63, 3.8) is 0 Å². The molecule has 172 valence electrons. The van der Waals surface area contributed by atoms with Crippen molar-refractivity contribution in [2.45, 2.75) is 17.1 Å². The van der Waals surface area contributed by atoms with Gasteiger partial charge in [-0.25, -0.2) is 0 Å². The molecule has 1 atom stereocenters. The number of rotatable bonds is 9. The monoisotopic (exact) mass is 466 g/mol. The van der Waals surface area contributed by atoms with Gasteiger partial charge in [-0.2, -0.15) is 0 Å². The Morgan fingerprint density at radius 3 is 2.06 bits per heavy atom. The minimum absolute atomic E-state index is 0.155. The van der Waals surface area contributed by atoms with Gasteiger partial charge in [0.25, 0.3) is 5.91 Å². The maximum absolute atomic E-state index is 12.9. The van der Waals surface area contributed by atoms with Crippen LogP contribution in [-0.4, -0.2) is 38.4 Å². The van der Waals surface area contributed by atoms with E-state index in [1.807, 2.05) is 37.3 Å². The number of amides is 2. The van der Waals surface area contributed by atoms with Crippen LogP contribution in [0.4, 0.5) is 11.4 Å². The maximum atomic E-state index is 12.9. The predicted octanol–water partition coefficient (Wildman–Crippen LogP) is 5.08. The molecule has 7 nitrogen and oxygen atoms in total. The average Bonchev–Trinajstić information content (AvgIpc) is 2.83. The third-order valence-electron chi connectivity index (χ3n) is 4.79. The Balaban J connectivity index is 1.70. The van der Waals surface area contributed by atoms with E-state index in [-0.39, 0.29) is 17.1 Å². The summed E-state index contributed by atoms with van der Waals surface area (Å²) < 4.78 is 15.9. The van der Waals surface area contributed by atoms with Crippen LogP contribution in [0.25, 0.3) is 0 Å². The molecule has 3 aromatic rings. The van der Waals surface area contributed by atoms with Gasteiger partial charge >= 0.3 is 0 Å². The zero-order chi connectivity index (χ0) is 23.8. The molecule has 0 saturated heterocycles. The van der Waals surface area contributed by atoms with Crippen LogP contribution < -0.4 is 24.8 Å². The average molecular weight is 467 g/mol. The van der Waals surface area contributed by atoms with Gasteiger partial charge in [-0.1, -0.05) is 24.3 Å². The molecule has 0 radical (unpaired) electrons. The second kappa shape index (κ2) is 11.3. The van der Waals surface area contributed by atoms with E-state index >= 15 is 0 Å². The van der Waals surface area contributed by atoms with Crippen molar-refractivity contribution in [2.24, 2.45) is 0 Å². The summed E-state index contributed by atoms with van der Waals surface area (Å²) in [4.78, 5) is 26.4. The smallest absolute Gasteiger partial charge is 0.263 e. The lowest BCUT2D eigenvalue weighted by Gasteiger charge is -2.15. The third-order valence-corrected chi connectivity index (χ3v) is 5.89. The summed E-state index contributed by atoms with van der Waals surface area (Å²) >= 11 is 1.38. The van der Waals surface area contributed by atoms with Crippen molar-refractivity contribution in [1.82, 2.24) is 0 Å². The number of para-hydroxylation sites is 2. The fourth-order valence-corrected chi connectivity index (χ4v) is 4.08. The van der Waals surface area contributed by atoms with Crippen molar-refractivity contribution in [2.75, 3.05) is 32.0 Å². The molecule has 8 heteroatoms. The van der Waals surface area contributed by atoms with Crippen LogP contribution >= 0.6 is 11.8 Å². The molecule has 0 saturated carbocycles. The van der Waals surface area contributed by atoms with E-state index in [9.17, 15) is 9.59 Å². The summed E-state index contributed by atoms with van der Waals surface area (Å²) in [7, 11) is 4.56. The quantitative estimate of drug-likeness (QED) is 0.428. The third kappa shape index (κ3) is 5.98. The van der Waals surface area contributed by atoms with Gasteiger partial charge in [-0.15, -0.1) is 11.8 Å². The molecule has 3 rings (SSSR count). The Labute approximate surface area is 197 Å². The Bertz CT molecular complexity index is 1110. The van der Waals surface area contributed by atoms with Gasteiger partial charge < -0.3 is 24.8 Å². The number of hydrogen-bond donors (Lipinski definition) is 2. The SMILES string of the molecule is COc1ccccc1NC(=O)C(C)Sc1cccc(NC(=O)c2c(OC)cccc2OC)c1. The van der Waals surface area contributed by atoms with Gasteiger partial charge in [0, 0.05) is 10.6 Å². The molecule has 3 aromatic carbocycles. The van der Waals surface area contributed by atoms with Gasteiger partial charge in [0.2, 0.25) is 5.91 Å². The van der Waals surface area contributed by atoms with Crippen LogP contribution in [0.1, 0.15) is 17.3 Å². The van der Waals surface area contributed by atoms with Gasteiger partial charge in [-0.05, 0) is 49.4 Å². The van der Waals surface area contributed by atoms with Gasteiger partial charge in [0.15, 0.2) is 0 Å².